The van der Waals surface area contributed by atoms with Crippen LogP contribution < -0.4 is 10.2 Å². The molecule has 7 nitrogen and oxygen atoms in total. The molecular weight excluding hydrogens is 410 g/mol. The number of anilines is 1. The molecule has 2 aromatic heterocycles. The van der Waals surface area contributed by atoms with E-state index in [4.69, 9.17) is 9.72 Å². The fourth-order valence-electron chi connectivity index (χ4n) is 4.65. The van der Waals surface area contributed by atoms with Crippen LogP contribution in [0, 0.1) is 13.8 Å². The average Bonchev–Trinajstić information content (AvgIpc) is 3.31. The minimum absolute atomic E-state index is 0.0343. The molecule has 2 aliphatic heterocycles. The number of morpholine rings is 1. The van der Waals surface area contributed by atoms with Crippen molar-refractivity contribution >= 4 is 22.4 Å². The van der Waals surface area contributed by atoms with E-state index in [1.54, 1.807) is 11.3 Å². The Balaban J connectivity index is 1.61. The zero-order chi connectivity index (χ0) is 22.1. The Morgan fingerprint density at radius 3 is 2.48 bits per heavy atom. The summed E-state index contributed by atoms with van der Waals surface area (Å²) in [6, 6.07) is 4.17. The Labute approximate surface area is 188 Å². The third-order valence-corrected chi connectivity index (χ3v) is 7.18. The van der Waals surface area contributed by atoms with Gasteiger partial charge in [0.25, 0.3) is 0 Å². The number of thiazole rings is 1. The molecular formula is C23H33N5O2S. The number of nitrogens with zero attached hydrogens (tertiary/aromatic N) is 4. The molecule has 0 spiro atoms. The minimum Gasteiger partial charge on any atom is -0.372 e. The predicted octanol–water partition coefficient (Wildman–Crippen LogP) is 3.15. The largest absolute Gasteiger partial charge is 0.372 e. The van der Waals surface area contributed by atoms with E-state index in [-0.39, 0.29) is 24.2 Å². The number of nitrogens with one attached hydrogen (secondary N) is 1. The Kier molecular flexibility index (Phi) is 6.60. The molecule has 168 valence electrons. The van der Waals surface area contributed by atoms with Gasteiger partial charge in [0.1, 0.15) is 0 Å². The van der Waals surface area contributed by atoms with Crippen LogP contribution in [0.15, 0.2) is 12.1 Å². The minimum atomic E-state index is -0.0343. The second-order valence-electron chi connectivity index (χ2n) is 8.93. The van der Waals surface area contributed by atoms with Crippen LogP contribution in [-0.2, 0) is 16.1 Å². The number of carbonyl (C=O) groups excluding carboxylic acids is 1. The van der Waals surface area contributed by atoms with Crippen molar-refractivity contribution in [2.45, 2.75) is 65.3 Å². The van der Waals surface area contributed by atoms with Gasteiger partial charge in [0.15, 0.2) is 5.13 Å². The topological polar surface area (TPSA) is 70.6 Å². The lowest BCUT2D eigenvalue weighted by molar-refractivity contribution is -0.125. The maximum atomic E-state index is 12.8. The Morgan fingerprint density at radius 2 is 1.87 bits per heavy atom. The van der Waals surface area contributed by atoms with E-state index in [9.17, 15) is 4.79 Å². The molecule has 2 saturated heterocycles. The summed E-state index contributed by atoms with van der Waals surface area (Å²) in [6.07, 6.45) is 2.33. The zero-order valence-corrected chi connectivity index (χ0v) is 20.0. The summed E-state index contributed by atoms with van der Waals surface area (Å²) in [6.45, 7) is 11.3. The van der Waals surface area contributed by atoms with Crippen molar-refractivity contribution in [3.63, 3.8) is 0 Å². The fraction of sp³-hybridized carbons (Fsp3) is 0.609. The van der Waals surface area contributed by atoms with E-state index >= 15 is 0 Å². The molecule has 0 bridgehead atoms. The Morgan fingerprint density at radius 1 is 1.19 bits per heavy atom. The maximum Gasteiger partial charge on any atom is 0.237 e. The summed E-state index contributed by atoms with van der Waals surface area (Å²) in [7, 11) is 2.02. The van der Waals surface area contributed by atoms with Crippen LogP contribution in [0.3, 0.4) is 0 Å². The van der Waals surface area contributed by atoms with E-state index in [1.807, 2.05) is 20.9 Å². The number of hydrogen-bond donors (Lipinski definition) is 1. The van der Waals surface area contributed by atoms with Crippen molar-refractivity contribution < 1.29 is 9.53 Å². The molecule has 31 heavy (non-hydrogen) atoms. The number of carbonyl (C=O) groups is 1. The van der Waals surface area contributed by atoms with E-state index < -0.39 is 0 Å². The Hall–Kier alpha value is -2.03. The predicted molar refractivity (Wildman–Crippen MR) is 125 cm³/mol. The van der Waals surface area contributed by atoms with Gasteiger partial charge in [0.05, 0.1) is 35.4 Å². The number of aryl methyl sites for hydroxylation is 2. The first-order valence-electron chi connectivity index (χ1n) is 11.1. The number of pyridine rings is 1. The summed E-state index contributed by atoms with van der Waals surface area (Å²) in [4.78, 5) is 27.8. The molecule has 0 aromatic carbocycles. The monoisotopic (exact) mass is 443 g/mol. The molecule has 0 saturated carbocycles. The number of amides is 1. The molecule has 0 radical (unpaired) electrons. The second kappa shape index (κ2) is 9.22. The van der Waals surface area contributed by atoms with Crippen molar-refractivity contribution in [1.82, 2.24) is 20.2 Å². The van der Waals surface area contributed by atoms with Gasteiger partial charge in [0.2, 0.25) is 5.91 Å². The summed E-state index contributed by atoms with van der Waals surface area (Å²) < 4.78 is 5.90. The van der Waals surface area contributed by atoms with Gasteiger partial charge >= 0.3 is 0 Å². The molecule has 1 N–H and O–H groups in total. The van der Waals surface area contributed by atoms with Crippen LogP contribution in [0.25, 0.3) is 10.4 Å². The zero-order valence-electron chi connectivity index (χ0n) is 19.1. The van der Waals surface area contributed by atoms with Crippen molar-refractivity contribution in [2.75, 3.05) is 31.6 Å². The first kappa shape index (κ1) is 22.2. The standard InChI is InChI=1S/C23H33N5O2S/c1-14-9-18(10-15(2)25-14)21-19(11-24-22(29)20-7-6-8-27(20)5)26-23(31-21)28-12-16(3)30-17(4)13-28/h9-10,16-17,20H,6-8,11-13H2,1-5H3,(H,24,29)/t16-,17+,20-/m0/s1. The number of ether oxygens (including phenoxy) is 1. The highest BCUT2D eigenvalue weighted by Crippen LogP contribution is 2.36. The lowest BCUT2D eigenvalue weighted by Crippen LogP contribution is -2.45. The molecule has 2 aliphatic rings. The van der Waals surface area contributed by atoms with Gasteiger partial charge in [-0.25, -0.2) is 4.98 Å². The molecule has 0 unspecified atom stereocenters. The lowest BCUT2D eigenvalue weighted by atomic mass is 10.1. The Bertz CT molecular complexity index is 916. The molecule has 4 rings (SSSR count). The highest BCUT2D eigenvalue weighted by atomic mass is 32.1. The van der Waals surface area contributed by atoms with E-state index in [0.717, 1.165) is 65.1 Å². The average molecular weight is 444 g/mol. The SMILES string of the molecule is Cc1cc(-c2sc(N3C[C@@H](C)O[C@@H](C)C3)nc2CNC(=O)[C@@H]2CCCN2C)cc(C)n1. The first-order chi connectivity index (χ1) is 14.8. The number of rotatable bonds is 5. The highest BCUT2D eigenvalue weighted by Gasteiger charge is 2.29. The van der Waals surface area contributed by atoms with Gasteiger partial charge in [-0.3, -0.25) is 14.7 Å². The van der Waals surface area contributed by atoms with Crippen molar-refractivity contribution in [2.24, 2.45) is 0 Å². The van der Waals surface area contributed by atoms with Crippen LogP contribution in [0.1, 0.15) is 43.8 Å². The fourth-order valence-corrected chi connectivity index (χ4v) is 5.74. The number of hydrogen-bond acceptors (Lipinski definition) is 7. The number of likely N-dealkylation sites (tertiary alicyclic amines) is 1. The second-order valence-corrected chi connectivity index (χ2v) is 9.91. The molecule has 2 fully saturated rings. The third-order valence-electron chi connectivity index (χ3n) is 5.97. The van der Waals surface area contributed by atoms with Gasteiger partial charge in [-0.05, 0) is 71.8 Å². The van der Waals surface area contributed by atoms with E-state index in [0.29, 0.717) is 6.54 Å². The van der Waals surface area contributed by atoms with Crippen LogP contribution in [-0.4, -0.2) is 65.7 Å². The highest BCUT2D eigenvalue weighted by molar-refractivity contribution is 7.19. The van der Waals surface area contributed by atoms with Crippen molar-refractivity contribution in [3.05, 3.63) is 29.2 Å². The van der Waals surface area contributed by atoms with Crippen molar-refractivity contribution in [1.29, 1.82) is 0 Å². The summed E-state index contributed by atoms with van der Waals surface area (Å²) in [5.74, 6) is 0.0937. The van der Waals surface area contributed by atoms with Gasteiger partial charge in [-0.1, -0.05) is 11.3 Å². The van der Waals surface area contributed by atoms with Crippen LogP contribution in [0.2, 0.25) is 0 Å². The van der Waals surface area contributed by atoms with Gasteiger partial charge in [0, 0.05) is 24.5 Å². The van der Waals surface area contributed by atoms with Crippen LogP contribution in [0.5, 0.6) is 0 Å². The number of likely N-dealkylation sites (N-methyl/N-ethyl adjacent to an activating group) is 1. The molecule has 2 aromatic rings. The van der Waals surface area contributed by atoms with Crippen LogP contribution >= 0.6 is 11.3 Å². The smallest absolute Gasteiger partial charge is 0.237 e. The summed E-state index contributed by atoms with van der Waals surface area (Å²) >= 11 is 1.69. The van der Waals surface area contributed by atoms with Gasteiger partial charge in [-0.2, -0.15) is 0 Å². The van der Waals surface area contributed by atoms with Gasteiger partial charge in [-0.15, -0.1) is 0 Å². The molecule has 4 heterocycles. The molecule has 3 atom stereocenters. The van der Waals surface area contributed by atoms with Crippen LogP contribution in [0.4, 0.5) is 5.13 Å². The maximum absolute atomic E-state index is 12.8. The quantitative estimate of drug-likeness (QED) is 0.766. The third kappa shape index (κ3) is 5.07. The summed E-state index contributed by atoms with van der Waals surface area (Å²) in [5, 5.41) is 4.14. The normalized spacial score (nSPS) is 24.5. The first-order valence-corrected chi connectivity index (χ1v) is 12.0. The molecule has 1 amide bonds. The van der Waals surface area contributed by atoms with Gasteiger partial charge < -0.3 is 15.0 Å². The van der Waals surface area contributed by atoms with E-state index in [2.05, 4.69) is 46.1 Å². The summed E-state index contributed by atoms with van der Waals surface area (Å²) in [5.41, 5.74) is 4.01. The lowest BCUT2D eigenvalue weighted by Gasteiger charge is -2.35. The molecule has 8 heteroatoms. The van der Waals surface area contributed by atoms with E-state index in [1.165, 1.54) is 0 Å². The number of aromatic nitrogens is 2. The molecule has 0 aliphatic carbocycles. The van der Waals surface area contributed by atoms with Crippen molar-refractivity contribution in [3.8, 4) is 10.4 Å².